The van der Waals surface area contributed by atoms with Crippen LogP contribution in [-0.2, 0) is 51.8 Å². The van der Waals surface area contributed by atoms with Gasteiger partial charge >= 0.3 is 6.03 Å². The number of amides is 7. The lowest BCUT2D eigenvalue weighted by atomic mass is 10.0. The Kier molecular flexibility index (Phi) is 11.7. The maximum absolute atomic E-state index is 12.9. The van der Waals surface area contributed by atoms with E-state index in [4.69, 9.17) is 4.74 Å². The minimum absolute atomic E-state index is 0.0756. The average Bonchev–Trinajstić information content (AvgIpc) is 3.49. The molecule has 272 valence electrons. The predicted molar refractivity (Wildman–Crippen MR) is 195 cm³/mol. The zero-order valence-electron chi connectivity index (χ0n) is 29.0. The molecule has 7 amide bonds. The van der Waals surface area contributed by atoms with E-state index in [1.807, 2.05) is 60.7 Å². The molecule has 13 heteroatoms. The van der Waals surface area contributed by atoms with Crippen LogP contribution in [0.2, 0.25) is 0 Å². The van der Waals surface area contributed by atoms with Gasteiger partial charge in [0.15, 0.2) is 0 Å². The Bertz CT molecular complexity index is 1980. The highest BCUT2D eigenvalue weighted by atomic mass is 16.5. The standard InChI is InChI=1S/C40H40N6O7/c47-35(18-11-26-4-2-1-3-5-26)42-23-37(49)41-21-27-6-8-28(9-7-27)25-53-32-14-12-31(13-15-32)44-40(52)43-22-29-10-16-33-30(20-29)24-46(39(33)51)34-17-19-36(48)45-38(34)50/h1-10,12-16,20,34H,11,17-19,21-25H2,(H,41,49)(H,42,47)(H2,43,44,52)(H,45,48,50). The number of carbonyl (C=O) groups is 6. The van der Waals surface area contributed by atoms with Gasteiger partial charge in [-0.25, -0.2) is 4.79 Å². The Hall–Kier alpha value is -6.50. The first-order chi connectivity index (χ1) is 25.7. The van der Waals surface area contributed by atoms with Crippen molar-refractivity contribution in [3.8, 4) is 5.75 Å². The zero-order chi connectivity index (χ0) is 37.2. The third kappa shape index (κ3) is 10.1. The highest BCUT2D eigenvalue weighted by Gasteiger charge is 2.39. The Morgan fingerprint density at radius 1 is 0.755 bits per heavy atom. The van der Waals surface area contributed by atoms with Gasteiger partial charge in [-0.2, -0.15) is 0 Å². The molecule has 1 atom stereocenters. The van der Waals surface area contributed by atoms with Gasteiger partial charge in [-0.3, -0.25) is 29.3 Å². The predicted octanol–water partition coefficient (Wildman–Crippen LogP) is 3.71. The van der Waals surface area contributed by atoms with E-state index in [1.54, 1.807) is 36.4 Å². The second-order valence-electron chi connectivity index (χ2n) is 12.9. The van der Waals surface area contributed by atoms with E-state index >= 15 is 0 Å². The molecule has 0 radical (unpaired) electrons. The molecule has 4 aromatic rings. The molecular formula is C40H40N6O7. The number of anilines is 1. The quantitative estimate of drug-likeness (QED) is 0.124. The highest BCUT2D eigenvalue weighted by Crippen LogP contribution is 2.28. The summed E-state index contributed by atoms with van der Waals surface area (Å²) in [5.41, 5.74) is 5.58. The molecule has 1 saturated heterocycles. The maximum atomic E-state index is 12.9. The number of ether oxygens (including phenoxy) is 1. The van der Waals surface area contributed by atoms with Crippen LogP contribution in [0.3, 0.4) is 0 Å². The third-order valence-corrected chi connectivity index (χ3v) is 9.00. The van der Waals surface area contributed by atoms with Gasteiger partial charge in [0.25, 0.3) is 5.91 Å². The Morgan fingerprint density at radius 2 is 1.47 bits per heavy atom. The number of benzene rings is 4. The molecule has 1 fully saturated rings. The lowest BCUT2D eigenvalue weighted by Crippen LogP contribution is -2.52. The average molecular weight is 717 g/mol. The number of urea groups is 1. The number of nitrogens with zero attached hydrogens (tertiary/aromatic N) is 1. The van der Waals surface area contributed by atoms with E-state index in [1.165, 1.54) is 4.90 Å². The van der Waals surface area contributed by atoms with Crippen LogP contribution in [0.4, 0.5) is 10.5 Å². The molecule has 6 rings (SSSR count). The number of fused-ring (bicyclic) bond motifs is 1. The molecule has 13 nitrogen and oxygen atoms in total. The summed E-state index contributed by atoms with van der Waals surface area (Å²) in [6, 6.07) is 28.6. The van der Waals surface area contributed by atoms with Crippen molar-refractivity contribution in [2.75, 3.05) is 11.9 Å². The third-order valence-electron chi connectivity index (χ3n) is 9.00. The van der Waals surface area contributed by atoms with Gasteiger partial charge in [0.05, 0.1) is 6.54 Å². The Balaban J connectivity index is 0.873. The number of rotatable bonds is 14. The maximum Gasteiger partial charge on any atom is 0.319 e. The molecule has 0 bridgehead atoms. The first kappa shape index (κ1) is 36.3. The van der Waals surface area contributed by atoms with Crippen LogP contribution in [0.15, 0.2) is 97.1 Å². The lowest BCUT2D eigenvalue weighted by molar-refractivity contribution is -0.137. The topological polar surface area (TPSA) is 175 Å². The van der Waals surface area contributed by atoms with E-state index in [0.29, 0.717) is 49.4 Å². The van der Waals surface area contributed by atoms with E-state index < -0.39 is 18.0 Å². The first-order valence-electron chi connectivity index (χ1n) is 17.4. The number of hydrogen-bond donors (Lipinski definition) is 5. The van der Waals surface area contributed by atoms with Gasteiger partial charge < -0.3 is 30.9 Å². The molecule has 2 aliphatic heterocycles. The molecule has 2 heterocycles. The largest absolute Gasteiger partial charge is 0.489 e. The van der Waals surface area contributed by atoms with Crippen LogP contribution in [0.1, 0.15) is 57.4 Å². The van der Waals surface area contributed by atoms with E-state index in [0.717, 1.165) is 27.8 Å². The SMILES string of the molecule is O=C(CCc1ccccc1)NCC(=O)NCc1ccc(COc2ccc(NC(=O)NCc3ccc4c(c3)CN(C3CCC(=O)NC3=O)C4=O)cc2)cc1. The Labute approximate surface area is 306 Å². The molecule has 4 aromatic carbocycles. The van der Waals surface area contributed by atoms with Gasteiger partial charge in [0.2, 0.25) is 23.6 Å². The monoisotopic (exact) mass is 716 g/mol. The summed E-state index contributed by atoms with van der Waals surface area (Å²) in [6.45, 7) is 1.08. The number of piperidine rings is 1. The van der Waals surface area contributed by atoms with Crippen LogP contribution in [-0.4, -0.2) is 53.1 Å². The molecular weight excluding hydrogens is 676 g/mol. The molecule has 0 aromatic heterocycles. The van der Waals surface area contributed by atoms with E-state index in [-0.39, 0.29) is 49.7 Å². The summed E-state index contributed by atoms with van der Waals surface area (Å²) in [7, 11) is 0. The molecule has 53 heavy (non-hydrogen) atoms. The smallest absolute Gasteiger partial charge is 0.319 e. The molecule has 1 unspecified atom stereocenters. The van der Waals surface area contributed by atoms with Crippen LogP contribution >= 0.6 is 0 Å². The number of hydrogen-bond acceptors (Lipinski definition) is 7. The van der Waals surface area contributed by atoms with Gasteiger partial charge in [-0.15, -0.1) is 0 Å². The summed E-state index contributed by atoms with van der Waals surface area (Å²) >= 11 is 0. The minimum atomic E-state index is -0.680. The van der Waals surface area contributed by atoms with Crippen molar-refractivity contribution in [3.05, 3.63) is 130 Å². The molecule has 5 N–H and O–H groups in total. The fourth-order valence-corrected chi connectivity index (χ4v) is 6.08. The summed E-state index contributed by atoms with van der Waals surface area (Å²) in [5, 5.41) is 13.4. The number of carbonyl (C=O) groups excluding carboxylic acids is 6. The normalized spacial score (nSPS) is 14.9. The molecule has 0 saturated carbocycles. The van der Waals surface area contributed by atoms with Crippen LogP contribution in [0, 0.1) is 0 Å². The van der Waals surface area contributed by atoms with Crippen molar-refractivity contribution in [1.82, 2.24) is 26.2 Å². The van der Waals surface area contributed by atoms with Crippen LogP contribution in [0.25, 0.3) is 0 Å². The van der Waals surface area contributed by atoms with Gasteiger partial charge in [-0.1, -0.05) is 66.7 Å². The second kappa shape index (κ2) is 17.1. The summed E-state index contributed by atoms with van der Waals surface area (Å²) in [4.78, 5) is 75.1. The molecule has 0 aliphatic carbocycles. The van der Waals surface area contributed by atoms with Gasteiger partial charge in [-0.05, 0) is 71.0 Å². The first-order valence-corrected chi connectivity index (χ1v) is 17.4. The van der Waals surface area contributed by atoms with Crippen molar-refractivity contribution < 1.29 is 33.5 Å². The van der Waals surface area contributed by atoms with E-state index in [2.05, 4.69) is 26.6 Å². The minimum Gasteiger partial charge on any atom is -0.489 e. The van der Waals surface area contributed by atoms with Crippen molar-refractivity contribution in [1.29, 1.82) is 0 Å². The summed E-state index contributed by atoms with van der Waals surface area (Å²) < 4.78 is 5.90. The van der Waals surface area contributed by atoms with Crippen molar-refractivity contribution in [3.63, 3.8) is 0 Å². The van der Waals surface area contributed by atoms with Gasteiger partial charge in [0, 0.05) is 43.7 Å². The van der Waals surface area contributed by atoms with Gasteiger partial charge in [0.1, 0.15) is 18.4 Å². The van der Waals surface area contributed by atoms with Crippen molar-refractivity contribution >= 4 is 41.3 Å². The lowest BCUT2D eigenvalue weighted by Gasteiger charge is -2.29. The zero-order valence-corrected chi connectivity index (χ0v) is 29.0. The van der Waals surface area contributed by atoms with Crippen molar-refractivity contribution in [2.45, 2.75) is 58.0 Å². The highest BCUT2D eigenvalue weighted by molar-refractivity contribution is 6.05. The summed E-state index contributed by atoms with van der Waals surface area (Å²) in [5.74, 6) is -0.843. The molecule has 0 spiro atoms. The van der Waals surface area contributed by atoms with E-state index in [9.17, 15) is 28.8 Å². The van der Waals surface area contributed by atoms with Crippen molar-refractivity contribution in [2.24, 2.45) is 0 Å². The fourth-order valence-electron chi connectivity index (χ4n) is 6.08. The Morgan fingerprint density at radius 3 is 2.23 bits per heavy atom. The number of aryl methyl sites for hydroxylation is 1. The molecule has 2 aliphatic rings. The number of imide groups is 1. The number of nitrogens with one attached hydrogen (secondary N) is 5. The van der Waals surface area contributed by atoms with Crippen LogP contribution in [0.5, 0.6) is 5.75 Å². The van der Waals surface area contributed by atoms with Crippen LogP contribution < -0.4 is 31.3 Å². The second-order valence-corrected chi connectivity index (χ2v) is 12.9. The fraction of sp³-hybridized carbons (Fsp3) is 0.250. The summed E-state index contributed by atoms with van der Waals surface area (Å²) in [6.07, 6.45) is 1.43.